The van der Waals surface area contributed by atoms with Crippen LogP contribution in [-0.2, 0) is 24.3 Å². The average molecular weight is 394 g/mol. The molecular formula is C18H19FN2O5S. The maximum absolute atomic E-state index is 13.6. The number of hydrogen-bond acceptors (Lipinski definition) is 5. The van der Waals surface area contributed by atoms with Gasteiger partial charge in [-0.1, -0.05) is 24.3 Å². The zero-order chi connectivity index (χ0) is 19.9. The van der Waals surface area contributed by atoms with Crippen LogP contribution >= 0.6 is 0 Å². The second-order valence-electron chi connectivity index (χ2n) is 5.65. The standard InChI is InChI=1S/C18H19FN2O5S/c1-13-7-8-16(15(19)11-13)21-17(22)12-26-18(23)9-10-20-27(24,25)14-5-3-2-4-6-14/h2-8,11,20H,9-10,12H2,1H3,(H,21,22). The summed E-state index contributed by atoms with van der Waals surface area (Å²) in [4.78, 5) is 23.4. The van der Waals surface area contributed by atoms with E-state index in [4.69, 9.17) is 4.74 Å². The molecule has 2 rings (SSSR count). The van der Waals surface area contributed by atoms with Crippen LogP contribution in [-0.4, -0.2) is 33.4 Å². The maximum atomic E-state index is 13.6. The van der Waals surface area contributed by atoms with Crippen molar-refractivity contribution >= 4 is 27.6 Å². The van der Waals surface area contributed by atoms with Crippen LogP contribution in [0.1, 0.15) is 12.0 Å². The second kappa shape index (κ2) is 9.24. The topological polar surface area (TPSA) is 102 Å². The third-order valence-corrected chi connectivity index (χ3v) is 4.91. The SMILES string of the molecule is Cc1ccc(NC(=O)COC(=O)CCNS(=O)(=O)c2ccccc2)c(F)c1. The van der Waals surface area contributed by atoms with Crippen molar-refractivity contribution in [1.82, 2.24) is 4.72 Å². The fraction of sp³-hybridized carbons (Fsp3) is 0.222. The molecule has 0 aliphatic rings. The van der Waals surface area contributed by atoms with Gasteiger partial charge in [-0.3, -0.25) is 9.59 Å². The molecule has 0 saturated carbocycles. The number of aryl methyl sites for hydroxylation is 1. The van der Waals surface area contributed by atoms with Crippen LogP contribution in [0.15, 0.2) is 53.4 Å². The first-order valence-electron chi connectivity index (χ1n) is 8.04. The predicted molar refractivity (Wildman–Crippen MR) is 97.0 cm³/mol. The summed E-state index contributed by atoms with van der Waals surface area (Å²) in [5, 5.41) is 2.29. The minimum absolute atomic E-state index is 0.0164. The van der Waals surface area contributed by atoms with Gasteiger partial charge in [0, 0.05) is 6.54 Å². The molecule has 0 bridgehead atoms. The minimum Gasteiger partial charge on any atom is -0.456 e. The van der Waals surface area contributed by atoms with Crippen molar-refractivity contribution in [2.24, 2.45) is 0 Å². The van der Waals surface area contributed by atoms with E-state index in [-0.39, 0.29) is 23.5 Å². The Balaban J connectivity index is 1.73. The number of esters is 1. The molecule has 9 heteroatoms. The van der Waals surface area contributed by atoms with Gasteiger partial charge in [0.05, 0.1) is 17.0 Å². The van der Waals surface area contributed by atoms with Gasteiger partial charge in [0.25, 0.3) is 5.91 Å². The van der Waals surface area contributed by atoms with Crippen molar-refractivity contribution < 1.29 is 27.1 Å². The summed E-state index contributed by atoms with van der Waals surface area (Å²) in [7, 11) is -3.71. The Morgan fingerprint density at radius 1 is 1.11 bits per heavy atom. The number of benzene rings is 2. The summed E-state index contributed by atoms with van der Waals surface area (Å²) in [6.07, 6.45) is -0.252. The lowest BCUT2D eigenvalue weighted by Gasteiger charge is -2.09. The lowest BCUT2D eigenvalue weighted by Crippen LogP contribution is -2.28. The molecule has 27 heavy (non-hydrogen) atoms. The number of ether oxygens (including phenoxy) is 1. The molecule has 144 valence electrons. The van der Waals surface area contributed by atoms with Crippen molar-refractivity contribution in [3.8, 4) is 0 Å². The smallest absolute Gasteiger partial charge is 0.307 e. The van der Waals surface area contributed by atoms with Crippen LogP contribution in [0, 0.1) is 12.7 Å². The van der Waals surface area contributed by atoms with Gasteiger partial charge in [-0.2, -0.15) is 0 Å². The molecule has 2 aromatic rings. The molecule has 2 aromatic carbocycles. The van der Waals surface area contributed by atoms with Crippen molar-refractivity contribution in [3.05, 3.63) is 59.9 Å². The second-order valence-corrected chi connectivity index (χ2v) is 7.42. The summed E-state index contributed by atoms with van der Waals surface area (Å²) in [6, 6.07) is 12.0. The number of carbonyl (C=O) groups excluding carboxylic acids is 2. The van der Waals surface area contributed by atoms with Gasteiger partial charge in [-0.15, -0.1) is 0 Å². The fourth-order valence-electron chi connectivity index (χ4n) is 2.10. The maximum Gasteiger partial charge on any atom is 0.307 e. The number of amides is 1. The number of anilines is 1. The third kappa shape index (κ3) is 6.46. The number of halogens is 1. The quantitative estimate of drug-likeness (QED) is 0.667. The van der Waals surface area contributed by atoms with Gasteiger partial charge >= 0.3 is 5.97 Å². The highest BCUT2D eigenvalue weighted by molar-refractivity contribution is 7.89. The van der Waals surface area contributed by atoms with Gasteiger partial charge in [-0.05, 0) is 36.8 Å². The summed E-state index contributed by atoms with van der Waals surface area (Å²) >= 11 is 0. The molecule has 0 atom stereocenters. The highest BCUT2D eigenvalue weighted by atomic mass is 32.2. The summed E-state index contributed by atoms with van der Waals surface area (Å²) in [5.41, 5.74) is 0.687. The lowest BCUT2D eigenvalue weighted by atomic mass is 10.2. The molecule has 0 saturated heterocycles. The molecule has 0 aliphatic heterocycles. The Morgan fingerprint density at radius 3 is 2.48 bits per heavy atom. The molecular weight excluding hydrogens is 375 g/mol. The van der Waals surface area contributed by atoms with Crippen LogP contribution in [0.25, 0.3) is 0 Å². The zero-order valence-electron chi connectivity index (χ0n) is 14.6. The van der Waals surface area contributed by atoms with E-state index in [1.807, 2.05) is 0 Å². The van der Waals surface area contributed by atoms with E-state index in [0.29, 0.717) is 5.56 Å². The molecule has 0 aromatic heterocycles. The lowest BCUT2D eigenvalue weighted by molar-refractivity contribution is -0.147. The molecule has 2 N–H and O–H groups in total. The molecule has 0 spiro atoms. The molecule has 0 fully saturated rings. The predicted octanol–water partition coefficient (Wildman–Crippen LogP) is 1.98. The number of carbonyl (C=O) groups is 2. The van der Waals surface area contributed by atoms with Crippen LogP contribution in [0.2, 0.25) is 0 Å². The van der Waals surface area contributed by atoms with Crippen LogP contribution in [0.3, 0.4) is 0 Å². The molecule has 1 amide bonds. The Labute approximate surface area is 156 Å². The largest absolute Gasteiger partial charge is 0.456 e. The first-order chi connectivity index (χ1) is 12.8. The fourth-order valence-corrected chi connectivity index (χ4v) is 3.15. The van der Waals surface area contributed by atoms with Gasteiger partial charge < -0.3 is 10.1 Å². The normalized spacial score (nSPS) is 11.0. The minimum atomic E-state index is -3.71. The van der Waals surface area contributed by atoms with Crippen LogP contribution in [0.5, 0.6) is 0 Å². The molecule has 0 unspecified atom stereocenters. The number of hydrogen-bond donors (Lipinski definition) is 2. The van der Waals surface area contributed by atoms with E-state index in [9.17, 15) is 22.4 Å². The monoisotopic (exact) mass is 394 g/mol. The average Bonchev–Trinajstić information content (AvgIpc) is 2.63. The first-order valence-corrected chi connectivity index (χ1v) is 9.52. The highest BCUT2D eigenvalue weighted by Gasteiger charge is 2.15. The van der Waals surface area contributed by atoms with E-state index in [1.54, 1.807) is 31.2 Å². The van der Waals surface area contributed by atoms with Crippen LogP contribution < -0.4 is 10.0 Å². The van der Waals surface area contributed by atoms with E-state index < -0.39 is 34.3 Å². The molecule has 0 heterocycles. The van der Waals surface area contributed by atoms with E-state index in [1.165, 1.54) is 24.3 Å². The van der Waals surface area contributed by atoms with Crippen LogP contribution in [0.4, 0.5) is 10.1 Å². The Bertz CT molecular complexity index is 917. The van der Waals surface area contributed by atoms with Crippen molar-refractivity contribution in [2.45, 2.75) is 18.2 Å². The third-order valence-electron chi connectivity index (χ3n) is 3.44. The summed E-state index contributed by atoms with van der Waals surface area (Å²) in [6.45, 7) is 0.935. The Kier molecular flexibility index (Phi) is 7.03. The Hall–Kier alpha value is -2.78. The van der Waals surface area contributed by atoms with Crippen molar-refractivity contribution in [2.75, 3.05) is 18.5 Å². The number of rotatable bonds is 8. The van der Waals surface area contributed by atoms with E-state index in [2.05, 4.69) is 10.0 Å². The summed E-state index contributed by atoms with van der Waals surface area (Å²) in [5.74, 6) is -2.05. The number of sulfonamides is 1. The highest BCUT2D eigenvalue weighted by Crippen LogP contribution is 2.15. The van der Waals surface area contributed by atoms with Crippen molar-refractivity contribution in [1.29, 1.82) is 0 Å². The van der Waals surface area contributed by atoms with E-state index in [0.717, 1.165) is 0 Å². The Morgan fingerprint density at radius 2 is 1.81 bits per heavy atom. The molecule has 0 radical (unpaired) electrons. The molecule has 0 aliphatic carbocycles. The van der Waals surface area contributed by atoms with E-state index >= 15 is 0 Å². The first kappa shape index (κ1) is 20.5. The van der Waals surface area contributed by atoms with Gasteiger partial charge in [0.1, 0.15) is 5.82 Å². The summed E-state index contributed by atoms with van der Waals surface area (Å²) < 4.78 is 44.6. The van der Waals surface area contributed by atoms with Gasteiger partial charge in [-0.25, -0.2) is 17.5 Å². The van der Waals surface area contributed by atoms with Gasteiger partial charge in [0.15, 0.2) is 6.61 Å². The zero-order valence-corrected chi connectivity index (χ0v) is 15.4. The number of nitrogens with one attached hydrogen (secondary N) is 2. The van der Waals surface area contributed by atoms with Crippen molar-refractivity contribution in [3.63, 3.8) is 0 Å². The molecule has 7 nitrogen and oxygen atoms in total. The van der Waals surface area contributed by atoms with Gasteiger partial charge in [0.2, 0.25) is 10.0 Å².